The van der Waals surface area contributed by atoms with E-state index in [1.807, 2.05) is 42.5 Å². The fourth-order valence-electron chi connectivity index (χ4n) is 2.98. The number of carbonyl (C=O) groups is 1. The summed E-state index contributed by atoms with van der Waals surface area (Å²) in [6.45, 7) is 1.30. The zero-order valence-corrected chi connectivity index (χ0v) is 16.2. The number of aromatic nitrogens is 1. The molecule has 0 saturated heterocycles. The number of hydrogen-bond acceptors (Lipinski definition) is 5. The lowest BCUT2D eigenvalue weighted by molar-refractivity contribution is 0.0671. The molecule has 3 aromatic heterocycles. The molecule has 0 radical (unpaired) electrons. The van der Waals surface area contributed by atoms with Gasteiger partial charge in [-0.3, -0.25) is 4.79 Å². The maximum absolute atomic E-state index is 13.2. The number of pyridine rings is 1. The number of ether oxygens (including phenoxy) is 1. The minimum Gasteiger partial charge on any atom is -0.467 e. The maximum atomic E-state index is 13.2. The Morgan fingerprint density at radius 2 is 2.11 bits per heavy atom. The van der Waals surface area contributed by atoms with Crippen LogP contribution >= 0.6 is 22.9 Å². The number of carbonyl (C=O) groups excluding carboxylic acids is 1. The van der Waals surface area contributed by atoms with Crippen LogP contribution in [0.5, 0.6) is 0 Å². The average molecular weight is 401 g/mol. The van der Waals surface area contributed by atoms with Gasteiger partial charge in [-0.05, 0) is 24.3 Å². The average Bonchev–Trinajstić information content (AvgIpc) is 3.35. The van der Waals surface area contributed by atoms with Gasteiger partial charge in [-0.15, -0.1) is 11.3 Å². The predicted molar refractivity (Wildman–Crippen MR) is 107 cm³/mol. The van der Waals surface area contributed by atoms with Crippen LogP contribution in [0.2, 0.25) is 5.15 Å². The minimum atomic E-state index is -0.0789. The molecule has 1 aromatic carbocycles. The highest BCUT2D eigenvalue weighted by molar-refractivity contribution is 7.21. The number of hydrogen-bond donors (Lipinski definition) is 0. The lowest BCUT2D eigenvalue weighted by atomic mass is 10.2. The first-order chi connectivity index (χ1) is 13.2. The normalized spacial score (nSPS) is 11.3. The summed E-state index contributed by atoms with van der Waals surface area (Å²) in [5.74, 6) is 0.649. The van der Waals surface area contributed by atoms with Crippen LogP contribution in [0.3, 0.4) is 0 Å². The Morgan fingerprint density at radius 1 is 1.26 bits per heavy atom. The largest absolute Gasteiger partial charge is 0.467 e. The molecule has 0 spiro atoms. The van der Waals surface area contributed by atoms with Crippen LogP contribution in [0.25, 0.3) is 21.0 Å². The Kier molecular flexibility index (Phi) is 5.11. The number of rotatable bonds is 6. The molecular formula is C20H17ClN2O3S. The third kappa shape index (κ3) is 3.56. The van der Waals surface area contributed by atoms with Crippen LogP contribution < -0.4 is 0 Å². The van der Waals surface area contributed by atoms with Crippen molar-refractivity contribution in [2.75, 3.05) is 20.3 Å². The van der Waals surface area contributed by atoms with Gasteiger partial charge in [0.05, 0.1) is 29.8 Å². The second kappa shape index (κ2) is 7.68. The van der Waals surface area contributed by atoms with E-state index in [9.17, 15) is 4.79 Å². The monoisotopic (exact) mass is 400 g/mol. The summed E-state index contributed by atoms with van der Waals surface area (Å²) in [5, 5.41) is 2.21. The van der Waals surface area contributed by atoms with Gasteiger partial charge in [0.15, 0.2) is 0 Å². The predicted octanol–water partition coefficient (Wildman–Crippen LogP) is 4.98. The van der Waals surface area contributed by atoms with E-state index in [1.165, 1.54) is 11.3 Å². The quantitative estimate of drug-likeness (QED) is 0.428. The summed E-state index contributed by atoms with van der Waals surface area (Å²) in [6.07, 6.45) is 1.60. The number of halogens is 1. The highest BCUT2D eigenvalue weighted by Crippen LogP contribution is 2.36. The fraction of sp³-hybridized carbons (Fsp3) is 0.200. The molecule has 4 rings (SSSR count). The highest BCUT2D eigenvalue weighted by Gasteiger charge is 2.21. The highest BCUT2D eigenvalue weighted by atomic mass is 35.5. The molecule has 5 nitrogen and oxygen atoms in total. The third-order valence-corrected chi connectivity index (χ3v) is 5.76. The second-order valence-corrected chi connectivity index (χ2v) is 7.48. The minimum absolute atomic E-state index is 0.0789. The number of nitrogens with zero attached hydrogens (tertiary/aromatic N) is 2. The van der Waals surface area contributed by atoms with Crippen LogP contribution in [0, 0.1) is 0 Å². The van der Waals surface area contributed by atoms with Crippen molar-refractivity contribution in [1.29, 1.82) is 0 Å². The van der Waals surface area contributed by atoms with Crippen molar-refractivity contribution in [3.63, 3.8) is 0 Å². The van der Waals surface area contributed by atoms with Gasteiger partial charge in [0.25, 0.3) is 5.91 Å². The molecule has 0 unspecified atom stereocenters. The third-order valence-electron chi connectivity index (χ3n) is 4.31. The fourth-order valence-corrected chi connectivity index (χ4v) is 4.44. The van der Waals surface area contributed by atoms with Gasteiger partial charge in [0, 0.05) is 29.1 Å². The number of thiophene rings is 1. The molecule has 0 aliphatic carbocycles. The van der Waals surface area contributed by atoms with Crippen LogP contribution in [0.1, 0.15) is 15.4 Å². The molecular weight excluding hydrogens is 384 g/mol. The number of furan rings is 1. The number of fused-ring (bicyclic) bond motifs is 3. The van der Waals surface area contributed by atoms with Crippen molar-refractivity contribution >= 4 is 49.8 Å². The molecule has 138 valence electrons. The van der Waals surface area contributed by atoms with Crippen LogP contribution in [-0.4, -0.2) is 36.1 Å². The Balaban J connectivity index is 1.73. The summed E-state index contributed by atoms with van der Waals surface area (Å²) < 4.78 is 11.5. The molecule has 3 heterocycles. The van der Waals surface area contributed by atoms with E-state index in [-0.39, 0.29) is 5.91 Å². The summed E-state index contributed by atoms with van der Waals surface area (Å²) >= 11 is 7.80. The molecule has 0 atom stereocenters. The van der Waals surface area contributed by atoms with E-state index in [2.05, 4.69) is 4.98 Å². The van der Waals surface area contributed by atoms with Gasteiger partial charge >= 0.3 is 0 Å². The molecule has 1 amide bonds. The van der Waals surface area contributed by atoms with E-state index in [0.717, 1.165) is 26.7 Å². The molecule has 0 aliphatic heterocycles. The van der Waals surface area contributed by atoms with Gasteiger partial charge < -0.3 is 14.1 Å². The molecule has 7 heteroatoms. The van der Waals surface area contributed by atoms with Crippen LogP contribution in [0.15, 0.2) is 53.1 Å². The van der Waals surface area contributed by atoms with Crippen molar-refractivity contribution in [2.45, 2.75) is 6.54 Å². The zero-order chi connectivity index (χ0) is 18.8. The van der Waals surface area contributed by atoms with Crippen molar-refractivity contribution in [3.8, 4) is 0 Å². The first-order valence-electron chi connectivity index (χ1n) is 8.45. The Labute approximate surface area is 165 Å². The van der Waals surface area contributed by atoms with E-state index in [4.69, 9.17) is 20.8 Å². The molecule has 0 fully saturated rings. The summed E-state index contributed by atoms with van der Waals surface area (Å²) in [6, 6.07) is 13.3. The Hall–Kier alpha value is -2.41. The van der Waals surface area contributed by atoms with Crippen molar-refractivity contribution in [1.82, 2.24) is 9.88 Å². The summed E-state index contributed by atoms with van der Waals surface area (Å²) in [7, 11) is 1.62. The number of benzene rings is 1. The molecule has 0 bridgehead atoms. The van der Waals surface area contributed by atoms with Gasteiger partial charge in [0.1, 0.15) is 10.9 Å². The molecule has 0 saturated carbocycles. The Morgan fingerprint density at radius 3 is 2.89 bits per heavy atom. The molecule has 0 N–H and O–H groups in total. The van der Waals surface area contributed by atoms with Crippen molar-refractivity contribution in [3.05, 3.63) is 64.5 Å². The lowest BCUT2D eigenvalue weighted by Crippen LogP contribution is -2.32. The van der Waals surface area contributed by atoms with Crippen molar-refractivity contribution < 1.29 is 13.9 Å². The molecule has 0 aliphatic rings. The van der Waals surface area contributed by atoms with Gasteiger partial charge in [-0.25, -0.2) is 4.98 Å². The van der Waals surface area contributed by atoms with Crippen LogP contribution in [0.4, 0.5) is 0 Å². The van der Waals surface area contributed by atoms with Gasteiger partial charge in [-0.1, -0.05) is 29.8 Å². The lowest BCUT2D eigenvalue weighted by Gasteiger charge is -2.20. The zero-order valence-electron chi connectivity index (χ0n) is 14.6. The van der Waals surface area contributed by atoms with E-state index in [0.29, 0.717) is 29.7 Å². The number of methoxy groups -OCH3 is 1. The first-order valence-corrected chi connectivity index (χ1v) is 9.65. The number of para-hydroxylation sites is 1. The Bertz CT molecular complexity index is 1090. The smallest absolute Gasteiger partial charge is 0.264 e. The first kappa shape index (κ1) is 18.0. The van der Waals surface area contributed by atoms with Gasteiger partial charge in [-0.2, -0.15) is 0 Å². The van der Waals surface area contributed by atoms with Gasteiger partial charge in [0.2, 0.25) is 0 Å². The SMILES string of the molecule is COCCN(Cc1ccco1)C(=O)c1cc2c(Cl)nc3ccccc3c2s1. The number of amides is 1. The van der Waals surface area contributed by atoms with Crippen LogP contribution in [-0.2, 0) is 11.3 Å². The standard InChI is InChI=1S/C20H17ClN2O3S/c1-25-10-8-23(12-13-5-4-9-26-13)20(24)17-11-15-18(27-17)14-6-2-3-7-16(14)22-19(15)21/h2-7,9,11H,8,10,12H2,1H3. The van der Waals surface area contributed by atoms with E-state index in [1.54, 1.807) is 18.3 Å². The topological polar surface area (TPSA) is 55.6 Å². The summed E-state index contributed by atoms with van der Waals surface area (Å²) in [5.41, 5.74) is 0.822. The maximum Gasteiger partial charge on any atom is 0.264 e. The second-order valence-electron chi connectivity index (χ2n) is 6.07. The van der Waals surface area contributed by atoms with E-state index < -0.39 is 0 Å². The van der Waals surface area contributed by atoms with Crippen molar-refractivity contribution in [2.24, 2.45) is 0 Å². The molecule has 4 aromatic rings. The van der Waals surface area contributed by atoms with E-state index >= 15 is 0 Å². The summed E-state index contributed by atoms with van der Waals surface area (Å²) in [4.78, 5) is 20.0. The molecule has 27 heavy (non-hydrogen) atoms.